The van der Waals surface area contributed by atoms with Gasteiger partial charge in [0.05, 0.1) is 0 Å². The summed E-state index contributed by atoms with van der Waals surface area (Å²) >= 11 is 0. The van der Waals surface area contributed by atoms with Gasteiger partial charge in [-0.25, -0.2) is 0 Å². The molecule has 0 bridgehead atoms. The molecule has 1 fully saturated rings. The molecule has 2 N–H and O–H groups in total. The first-order valence-electron chi connectivity index (χ1n) is 2.22. The Labute approximate surface area is 59.9 Å². The van der Waals surface area contributed by atoms with E-state index in [1.807, 2.05) is 0 Å². The maximum absolute atomic E-state index is 4.25. The number of rotatable bonds is 0. The van der Waals surface area contributed by atoms with Crippen molar-refractivity contribution in [3.05, 3.63) is 13.5 Å². The van der Waals surface area contributed by atoms with E-state index in [1.165, 1.54) is 19.3 Å². The van der Waals surface area contributed by atoms with Crippen LogP contribution in [0.25, 0.3) is 0 Å². The minimum Gasteiger partial charge on any atom is -0.486 e. The van der Waals surface area contributed by atoms with E-state index in [0.29, 0.717) is 0 Å². The van der Waals surface area contributed by atoms with Crippen LogP contribution in [-0.4, -0.2) is 0 Å². The minimum absolute atomic E-state index is 0. The maximum Gasteiger partial charge on any atom is 2.00 e. The van der Waals surface area contributed by atoms with Gasteiger partial charge in [-0.2, -0.15) is 12.8 Å². The molecule has 0 unspecified atom stereocenters. The van der Waals surface area contributed by atoms with Crippen molar-refractivity contribution >= 4 is 0 Å². The van der Waals surface area contributed by atoms with E-state index in [0.717, 1.165) is 0 Å². The normalized spacial score (nSPS) is 14.6. The molecule has 0 saturated heterocycles. The van der Waals surface area contributed by atoms with Crippen LogP contribution in [0.4, 0.5) is 0 Å². The molecule has 1 aliphatic rings. The third-order valence-corrected chi connectivity index (χ3v) is 0.816. The molecular formula is C5H11NPt. The molecule has 0 aromatic rings. The van der Waals surface area contributed by atoms with Crippen LogP contribution in [0.2, 0.25) is 0 Å². The second-order valence-electron chi connectivity index (χ2n) is 1.22. The summed E-state index contributed by atoms with van der Waals surface area (Å²) in [6.45, 7) is 0. The zero-order chi connectivity index (χ0) is 4.83. The van der Waals surface area contributed by atoms with Crippen LogP contribution in [0, 0.1) is 13.5 Å². The predicted molar refractivity (Wildman–Crippen MR) is 27.7 cm³/mol. The van der Waals surface area contributed by atoms with E-state index in [9.17, 15) is 0 Å². The van der Waals surface area contributed by atoms with Gasteiger partial charge in [-0.1, -0.05) is 0 Å². The molecule has 7 heavy (non-hydrogen) atoms. The smallest absolute Gasteiger partial charge is 0.486 e. The molecule has 1 rings (SSSR count). The molecule has 46 valence electrons. The zero-order valence-corrected chi connectivity index (χ0v) is 6.57. The Morgan fingerprint density at radius 3 is 1.43 bits per heavy atom. The molecule has 0 radical (unpaired) electrons. The fraction of sp³-hybridized carbons (Fsp3) is 0.600. The van der Waals surface area contributed by atoms with Crippen LogP contribution >= 0.6 is 0 Å². The van der Waals surface area contributed by atoms with E-state index >= 15 is 0 Å². The molecule has 0 aliphatic heterocycles. The second kappa shape index (κ2) is 9.82. The van der Waals surface area contributed by atoms with Gasteiger partial charge in [0.1, 0.15) is 0 Å². The van der Waals surface area contributed by atoms with Gasteiger partial charge in [0.25, 0.3) is 0 Å². The summed E-state index contributed by atoms with van der Waals surface area (Å²) in [5, 5.41) is 0. The van der Waals surface area contributed by atoms with Crippen LogP contribution < -0.4 is 5.73 Å². The quantitative estimate of drug-likeness (QED) is 0.661. The Morgan fingerprint density at radius 1 is 1.29 bits per heavy atom. The number of nitrogens with two attached hydrogens (primary N) is 1. The molecule has 0 atom stereocenters. The summed E-state index contributed by atoms with van der Waals surface area (Å²) in [4.78, 5) is 0. The molecular weight excluding hydrogens is 269 g/mol. The van der Waals surface area contributed by atoms with E-state index in [4.69, 9.17) is 0 Å². The number of hydrogen-bond acceptors (Lipinski definition) is 1. The fourth-order valence-corrected chi connectivity index (χ4v) is 0.204. The van der Waals surface area contributed by atoms with Crippen molar-refractivity contribution in [2.75, 3.05) is 0 Å². The van der Waals surface area contributed by atoms with Gasteiger partial charge in [-0.3, -0.25) is 7.05 Å². The molecule has 1 aliphatic carbocycles. The third kappa shape index (κ3) is 6.65. The molecule has 0 heterocycles. The van der Waals surface area contributed by atoms with Crippen LogP contribution in [0.5, 0.6) is 0 Å². The molecule has 2 heteroatoms. The van der Waals surface area contributed by atoms with Gasteiger partial charge in [-0.15, -0.1) is 6.42 Å². The second-order valence-corrected chi connectivity index (χ2v) is 1.22. The Bertz CT molecular complexity index is 16.0. The van der Waals surface area contributed by atoms with Crippen LogP contribution in [-0.2, 0) is 21.1 Å². The van der Waals surface area contributed by atoms with Crippen molar-refractivity contribution in [2.45, 2.75) is 19.3 Å². The van der Waals surface area contributed by atoms with Crippen molar-refractivity contribution < 1.29 is 21.1 Å². The molecule has 0 aromatic carbocycles. The Morgan fingerprint density at radius 2 is 1.43 bits per heavy atom. The summed E-state index contributed by atoms with van der Waals surface area (Å²) in [5.74, 6) is 0. The van der Waals surface area contributed by atoms with Gasteiger partial charge in [-0.05, 0) is 0 Å². The molecule has 0 spiro atoms. The van der Waals surface area contributed by atoms with E-state index in [1.54, 1.807) is 0 Å². The summed E-state index contributed by atoms with van der Waals surface area (Å²) in [6, 6.07) is 0. The first-order valence-corrected chi connectivity index (χ1v) is 2.22. The standard InChI is InChI=1S/C4H7.CH4N.Pt/c1-2-4-3-1;1-2;/h1H,2-4H2;1-2H2;/q2*-1;+2. The summed E-state index contributed by atoms with van der Waals surface area (Å²) < 4.78 is 0. The van der Waals surface area contributed by atoms with Crippen LogP contribution in [0.1, 0.15) is 19.3 Å². The Balaban J connectivity index is 0. The van der Waals surface area contributed by atoms with E-state index < -0.39 is 0 Å². The Kier molecular flexibility index (Phi) is 14.9. The van der Waals surface area contributed by atoms with Gasteiger partial charge in [0.15, 0.2) is 0 Å². The summed E-state index contributed by atoms with van der Waals surface area (Å²) in [7, 11) is 2.75. The molecule has 1 saturated carbocycles. The molecule has 0 amide bonds. The average Bonchev–Trinajstić information content (AvgIpc) is 1.36. The largest absolute Gasteiger partial charge is 2.00 e. The fourth-order valence-electron chi connectivity index (χ4n) is 0.204. The Hall–Kier alpha value is 0.648. The van der Waals surface area contributed by atoms with E-state index in [2.05, 4.69) is 19.2 Å². The monoisotopic (exact) mass is 280 g/mol. The van der Waals surface area contributed by atoms with Crippen LogP contribution in [0.15, 0.2) is 0 Å². The summed E-state index contributed by atoms with van der Waals surface area (Å²) in [6.07, 6.45) is 6.50. The first-order chi connectivity index (χ1) is 3.00. The van der Waals surface area contributed by atoms with Crippen molar-refractivity contribution in [1.82, 2.24) is 0 Å². The molecule has 1 nitrogen and oxygen atoms in total. The minimum atomic E-state index is 0. The van der Waals surface area contributed by atoms with Gasteiger partial charge >= 0.3 is 21.1 Å². The van der Waals surface area contributed by atoms with Gasteiger partial charge < -0.3 is 12.2 Å². The van der Waals surface area contributed by atoms with Crippen molar-refractivity contribution in [2.24, 2.45) is 5.73 Å². The van der Waals surface area contributed by atoms with Gasteiger partial charge in [0.2, 0.25) is 0 Å². The van der Waals surface area contributed by atoms with E-state index in [-0.39, 0.29) is 21.1 Å². The third-order valence-electron chi connectivity index (χ3n) is 0.816. The van der Waals surface area contributed by atoms with Crippen molar-refractivity contribution in [3.8, 4) is 0 Å². The van der Waals surface area contributed by atoms with Crippen molar-refractivity contribution in [3.63, 3.8) is 0 Å². The maximum atomic E-state index is 4.25. The van der Waals surface area contributed by atoms with Crippen molar-refractivity contribution in [1.29, 1.82) is 0 Å². The van der Waals surface area contributed by atoms with Crippen LogP contribution in [0.3, 0.4) is 0 Å². The predicted octanol–water partition coefficient (Wildman–Crippen LogP) is 1.11. The zero-order valence-electron chi connectivity index (χ0n) is 4.30. The first kappa shape index (κ1) is 10.6. The molecule has 0 aromatic heterocycles. The number of hydrogen-bond donors (Lipinski definition) is 1. The topological polar surface area (TPSA) is 26.0 Å². The summed E-state index contributed by atoms with van der Waals surface area (Å²) in [5.41, 5.74) is 4.25. The van der Waals surface area contributed by atoms with Gasteiger partial charge in [0, 0.05) is 0 Å². The average molecular weight is 280 g/mol. The SMILES string of the molecule is [CH-]1CCC1.[CH2-]N.[Pt+2].